The molecule has 1 fully saturated rings. The number of hydrogen-bond acceptors (Lipinski definition) is 3. The third-order valence-electron chi connectivity index (χ3n) is 5.72. The predicted molar refractivity (Wildman–Crippen MR) is 122 cm³/mol. The molecule has 0 aliphatic carbocycles. The molecule has 1 atom stereocenters. The summed E-state index contributed by atoms with van der Waals surface area (Å²) >= 11 is 0. The van der Waals surface area contributed by atoms with Crippen molar-refractivity contribution in [2.45, 2.75) is 25.8 Å². The molecule has 2 aromatic heterocycles. The molecule has 0 radical (unpaired) electrons. The van der Waals surface area contributed by atoms with Crippen LogP contribution in [0, 0.1) is 0 Å². The number of nitrogens with one attached hydrogen (secondary N) is 3. The molecule has 3 heterocycles. The fourth-order valence-electron chi connectivity index (χ4n) is 3.89. The molecule has 5 rings (SSSR count). The summed E-state index contributed by atoms with van der Waals surface area (Å²) in [7, 11) is 0. The van der Waals surface area contributed by atoms with E-state index in [1.54, 1.807) is 0 Å². The van der Waals surface area contributed by atoms with E-state index in [1.807, 2.05) is 29.3 Å². The second-order valence-corrected chi connectivity index (χ2v) is 7.82. The maximum atomic E-state index is 12.4. The van der Waals surface area contributed by atoms with Gasteiger partial charge in [-0.1, -0.05) is 25.1 Å². The van der Waals surface area contributed by atoms with E-state index < -0.39 is 0 Å². The van der Waals surface area contributed by atoms with Gasteiger partial charge in [-0.3, -0.25) is 0 Å². The summed E-state index contributed by atoms with van der Waals surface area (Å²) in [5.41, 5.74) is 6.10. The van der Waals surface area contributed by atoms with E-state index in [0.29, 0.717) is 13.2 Å². The average Bonchev–Trinajstić information content (AvgIpc) is 3.55. The SMILES string of the molecule is CCc1ccc(-n2cc(-c3ccc4[nH]cc(NC(=O)NC5CCOC5)c4c3)cn2)cc1. The number of aromatic amines is 1. The first-order valence-corrected chi connectivity index (χ1v) is 10.6. The Morgan fingerprint density at radius 3 is 2.87 bits per heavy atom. The van der Waals surface area contributed by atoms with E-state index in [0.717, 1.165) is 46.2 Å². The van der Waals surface area contributed by atoms with Crippen molar-refractivity contribution < 1.29 is 9.53 Å². The number of carbonyl (C=O) groups excluding carboxylic acids is 1. The fourth-order valence-corrected chi connectivity index (χ4v) is 3.89. The van der Waals surface area contributed by atoms with Crippen LogP contribution in [0.2, 0.25) is 0 Å². The number of hydrogen-bond donors (Lipinski definition) is 3. The van der Waals surface area contributed by atoms with Crippen molar-refractivity contribution in [1.29, 1.82) is 0 Å². The molecule has 31 heavy (non-hydrogen) atoms. The number of H-pyrrole nitrogens is 1. The number of aryl methyl sites for hydroxylation is 1. The molecule has 1 unspecified atom stereocenters. The van der Waals surface area contributed by atoms with Gasteiger partial charge in [-0.05, 0) is 48.2 Å². The Labute approximate surface area is 180 Å². The summed E-state index contributed by atoms with van der Waals surface area (Å²) in [5, 5.41) is 11.4. The number of ether oxygens (including phenoxy) is 1. The van der Waals surface area contributed by atoms with Crippen LogP contribution in [-0.4, -0.2) is 40.1 Å². The molecule has 7 nitrogen and oxygen atoms in total. The molecular weight excluding hydrogens is 390 g/mol. The van der Waals surface area contributed by atoms with Gasteiger partial charge in [0.1, 0.15) is 0 Å². The Morgan fingerprint density at radius 1 is 1.23 bits per heavy atom. The molecule has 2 amide bonds. The Balaban J connectivity index is 1.37. The number of fused-ring (bicyclic) bond motifs is 1. The summed E-state index contributed by atoms with van der Waals surface area (Å²) in [5.74, 6) is 0. The van der Waals surface area contributed by atoms with Crippen LogP contribution in [0.4, 0.5) is 10.5 Å². The standard InChI is InChI=1S/C24H25N5O2/c1-2-16-3-6-20(7-4-16)29-14-18(12-26-29)17-5-8-22-21(11-17)23(13-25-22)28-24(30)27-19-9-10-31-15-19/h3-8,11-14,19,25H,2,9-10,15H2,1H3,(H2,27,28,30). The summed E-state index contributed by atoms with van der Waals surface area (Å²) < 4.78 is 7.20. The molecule has 1 saturated heterocycles. The smallest absolute Gasteiger partial charge is 0.319 e. The first kappa shape index (κ1) is 19.4. The van der Waals surface area contributed by atoms with Crippen LogP contribution in [0.1, 0.15) is 18.9 Å². The van der Waals surface area contributed by atoms with E-state index in [1.165, 1.54) is 5.56 Å². The number of benzene rings is 2. The number of amides is 2. The lowest BCUT2D eigenvalue weighted by Gasteiger charge is -2.11. The lowest BCUT2D eigenvalue weighted by atomic mass is 10.1. The van der Waals surface area contributed by atoms with Gasteiger partial charge in [0.2, 0.25) is 0 Å². The van der Waals surface area contributed by atoms with Crippen LogP contribution in [0.3, 0.4) is 0 Å². The summed E-state index contributed by atoms with van der Waals surface area (Å²) in [4.78, 5) is 15.6. The van der Waals surface area contributed by atoms with Gasteiger partial charge in [-0.15, -0.1) is 0 Å². The van der Waals surface area contributed by atoms with Crippen LogP contribution in [0.5, 0.6) is 0 Å². The Morgan fingerprint density at radius 2 is 2.10 bits per heavy atom. The maximum absolute atomic E-state index is 12.4. The van der Waals surface area contributed by atoms with E-state index in [9.17, 15) is 4.79 Å². The number of carbonyl (C=O) groups is 1. The van der Waals surface area contributed by atoms with Gasteiger partial charge >= 0.3 is 6.03 Å². The van der Waals surface area contributed by atoms with Crippen molar-refractivity contribution >= 4 is 22.6 Å². The topological polar surface area (TPSA) is 84.0 Å². The zero-order chi connectivity index (χ0) is 21.2. The van der Waals surface area contributed by atoms with Crippen molar-refractivity contribution in [3.63, 3.8) is 0 Å². The van der Waals surface area contributed by atoms with Crippen LogP contribution in [-0.2, 0) is 11.2 Å². The minimum Gasteiger partial charge on any atom is -0.379 e. The predicted octanol–water partition coefficient (Wildman–Crippen LogP) is 4.49. The van der Waals surface area contributed by atoms with Crippen molar-refractivity contribution in [2.75, 3.05) is 18.5 Å². The second-order valence-electron chi connectivity index (χ2n) is 7.82. The van der Waals surface area contributed by atoms with Crippen LogP contribution in [0.15, 0.2) is 61.1 Å². The molecule has 7 heteroatoms. The molecule has 3 N–H and O–H groups in total. The van der Waals surface area contributed by atoms with Crippen LogP contribution >= 0.6 is 0 Å². The van der Waals surface area contributed by atoms with Crippen molar-refractivity contribution in [3.8, 4) is 16.8 Å². The molecule has 4 aromatic rings. The molecule has 2 aromatic carbocycles. The monoisotopic (exact) mass is 415 g/mol. The first-order chi connectivity index (χ1) is 15.2. The highest BCUT2D eigenvalue weighted by Crippen LogP contribution is 2.29. The van der Waals surface area contributed by atoms with E-state index in [4.69, 9.17) is 4.74 Å². The van der Waals surface area contributed by atoms with Gasteiger partial charge in [-0.25, -0.2) is 9.48 Å². The molecule has 158 valence electrons. The Hall–Kier alpha value is -3.58. The van der Waals surface area contributed by atoms with E-state index in [-0.39, 0.29) is 12.1 Å². The van der Waals surface area contributed by atoms with E-state index >= 15 is 0 Å². The number of aromatic nitrogens is 3. The zero-order valence-corrected chi connectivity index (χ0v) is 17.4. The summed E-state index contributed by atoms with van der Waals surface area (Å²) in [6, 6.07) is 14.4. The van der Waals surface area contributed by atoms with Crippen LogP contribution in [0.25, 0.3) is 27.7 Å². The summed E-state index contributed by atoms with van der Waals surface area (Å²) in [6.45, 7) is 3.41. The maximum Gasteiger partial charge on any atom is 0.319 e. The molecule has 0 saturated carbocycles. The molecule has 1 aliphatic heterocycles. The van der Waals surface area contributed by atoms with Gasteiger partial charge in [0, 0.05) is 35.5 Å². The highest BCUT2D eigenvalue weighted by molar-refractivity contribution is 6.02. The van der Waals surface area contributed by atoms with Gasteiger partial charge in [-0.2, -0.15) is 5.10 Å². The lowest BCUT2D eigenvalue weighted by Crippen LogP contribution is -2.38. The molecule has 1 aliphatic rings. The van der Waals surface area contributed by atoms with Crippen molar-refractivity contribution in [1.82, 2.24) is 20.1 Å². The van der Waals surface area contributed by atoms with Gasteiger partial charge in [0.15, 0.2) is 0 Å². The lowest BCUT2D eigenvalue weighted by molar-refractivity contribution is 0.189. The van der Waals surface area contributed by atoms with Crippen molar-refractivity contribution in [3.05, 3.63) is 66.6 Å². The first-order valence-electron chi connectivity index (χ1n) is 10.6. The van der Waals surface area contributed by atoms with Gasteiger partial charge in [0.25, 0.3) is 0 Å². The molecule has 0 bridgehead atoms. The van der Waals surface area contributed by atoms with Gasteiger partial charge in [0.05, 0.1) is 30.2 Å². The van der Waals surface area contributed by atoms with E-state index in [2.05, 4.69) is 64.0 Å². The van der Waals surface area contributed by atoms with Crippen LogP contribution < -0.4 is 10.6 Å². The Kier molecular flexibility index (Phi) is 5.18. The number of anilines is 1. The Bertz CT molecular complexity index is 1200. The average molecular weight is 415 g/mol. The minimum atomic E-state index is -0.217. The van der Waals surface area contributed by atoms with Crippen molar-refractivity contribution in [2.24, 2.45) is 0 Å². The second kappa shape index (κ2) is 8.28. The molecular formula is C24H25N5O2. The third-order valence-corrected chi connectivity index (χ3v) is 5.72. The zero-order valence-electron chi connectivity index (χ0n) is 17.4. The quantitative estimate of drug-likeness (QED) is 0.449. The number of rotatable bonds is 5. The fraction of sp³-hybridized carbons (Fsp3) is 0.250. The number of nitrogens with zero attached hydrogens (tertiary/aromatic N) is 2. The van der Waals surface area contributed by atoms with Gasteiger partial charge < -0.3 is 20.4 Å². The molecule has 0 spiro atoms. The highest BCUT2D eigenvalue weighted by Gasteiger charge is 2.18. The summed E-state index contributed by atoms with van der Waals surface area (Å²) in [6.07, 6.45) is 7.56. The largest absolute Gasteiger partial charge is 0.379 e. The minimum absolute atomic E-state index is 0.0676. The highest BCUT2D eigenvalue weighted by atomic mass is 16.5. The normalized spacial score (nSPS) is 16.0. The third kappa shape index (κ3) is 4.04. The number of urea groups is 1.